The predicted octanol–water partition coefficient (Wildman–Crippen LogP) is 23.9. The number of nitriles is 2. The van der Waals surface area contributed by atoms with Crippen LogP contribution in [0.25, 0.3) is 98.6 Å². The van der Waals surface area contributed by atoms with E-state index in [1.807, 2.05) is 0 Å². The molecule has 1 aliphatic rings. The number of hydrogen-bond donors (Lipinski definition) is 0. The van der Waals surface area contributed by atoms with Gasteiger partial charge in [0.05, 0.1) is 56.1 Å². The van der Waals surface area contributed by atoms with Crippen LogP contribution in [0.5, 0.6) is 0 Å². The first-order valence-electron chi connectivity index (χ1n) is 34.2. The molecule has 0 saturated carbocycles. The van der Waals surface area contributed by atoms with Crippen molar-refractivity contribution < 1.29 is 0 Å². The quantitative estimate of drug-likeness (QED) is 0.176. The SMILES string of the molecule is CC(C)(C)c1ccc2c(c1)c1cc(C(C)(C)C)ccc1n2C1=C(n2c3ccc(C(C)(C)C)cc3c3cc(C(C)(C)C)ccc32)C(C#N)(n2c3ccc(C(C)(C)C)cc3c3cc(C(C)(C)C)ccc32)C(n2c3ccc(C(C)(C)C)cc3c3cc(C(C)(C)C)ccc32)C=C1C#N. The van der Waals surface area contributed by atoms with E-state index in [4.69, 9.17) is 0 Å². The normalized spacial score (nSPS) is 16.9. The van der Waals surface area contributed by atoms with Crippen LogP contribution >= 0.6 is 0 Å². The van der Waals surface area contributed by atoms with Crippen molar-refractivity contribution in [1.82, 2.24) is 18.3 Å². The molecule has 13 rings (SSSR count). The van der Waals surface area contributed by atoms with E-state index in [-0.39, 0.29) is 43.3 Å². The fraction of sp³-hybridized carbons (Fsp3) is 0.386. The number of hydrogen-bond acceptors (Lipinski definition) is 2. The highest BCUT2D eigenvalue weighted by Gasteiger charge is 2.54. The first-order valence-corrected chi connectivity index (χ1v) is 34.2. The third kappa shape index (κ3) is 9.97. The third-order valence-electron chi connectivity index (χ3n) is 21.0. The summed E-state index contributed by atoms with van der Waals surface area (Å²) in [5.41, 5.74) is 16.2. The zero-order chi connectivity index (χ0) is 68.1. The lowest BCUT2D eigenvalue weighted by Crippen LogP contribution is -2.46. The molecule has 2 atom stereocenters. The van der Waals surface area contributed by atoms with Gasteiger partial charge in [-0.25, -0.2) is 0 Å². The van der Waals surface area contributed by atoms with Crippen molar-refractivity contribution in [2.24, 2.45) is 0 Å². The van der Waals surface area contributed by atoms with Crippen molar-refractivity contribution in [3.8, 4) is 12.1 Å². The summed E-state index contributed by atoms with van der Waals surface area (Å²) in [6, 6.07) is 61.6. The molecule has 0 spiro atoms. The lowest BCUT2D eigenvalue weighted by molar-refractivity contribution is 0.383. The molecule has 0 N–H and O–H groups in total. The summed E-state index contributed by atoms with van der Waals surface area (Å²) in [5, 5.41) is 35.9. The van der Waals surface area contributed by atoms with Crippen molar-refractivity contribution >= 4 is 98.6 Å². The summed E-state index contributed by atoms with van der Waals surface area (Å²) in [5.74, 6) is 0. The van der Waals surface area contributed by atoms with Gasteiger partial charge < -0.3 is 18.3 Å². The highest BCUT2D eigenvalue weighted by molar-refractivity contribution is 6.18. The second kappa shape index (κ2) is 20.7. The first kappa shape index (κ1) is 64.1. The summed E-state index contributed by atoms with van der Waals surface area (Å²) in [6.07, 6.45) is 2.20. The Bertz CT molecular complexity index is 5060. The highest BCUT2D eigenvalue weighted by Crippen LogP contribution is 2.58. The van der Waals surface area contributed by atoms with Crippen molar-refractivity contribution in [2.45, 2.75) is 221 Å². The Labute approximate surface area is 559 Å². The highest BCUT2D eigenvalue weighted by atomic mass is 15.2. The van der Waals surface area contributed by atoms with Gasteiger partial charge in [0.1, 0.15) is 12.1 Å². The molecule has 0 fully saturated rings. The van der Waals surface area contributed by atoms with Crippen molar-refractivity contribution in [3.05, 3.63) is 202 Å². The largest absolute Gasteiger partial charge is 0.329 e. The molecule has 94 heavy (non-hydrogen) atoms. The molecule has 0 radical (unpaired) electrons. The molecule has 0 bridgehead atoms. The molecule has 0 saturated heterocycles. The molecule has 4 heterocycles. The van der Waals surface area contributed by atoms with Crippen LogP contribution in [-0.2, 0) is 48.9 Å². The van der Waals surface area contributed by atoms with Crippen LogP contribution in [-0.4, -0.2) is 18.3 Å². The maximum Gasteiger partial charge on any atom is 0.199 e. The molecule has 480 valence electrons. The summed E-state index contributed by atoms with van der Waals surface area (Å²) in [4.78, 5) is 0. The molecular formula is C88H98N6. The van der Waals surface area contributed by atoms with Crippen molar-refractivity contribution in [2.75, 3.05) is 0 Å². The van der Waals surface area contributed by atoms with Crippen molar-refractivity contribution in [3.63, 3.8) is 0 Å². The van der Waals surface area contributed by atoms with Gasteiger partial charge in [0.15, 0.2) is 5.54 Å². The van der Waals surface area contributed by atoms with Gasteiger partial charge in [-0.1, -0.05) is 215 Å². The monoisotopic (exact) mass is 1240 g/mol. The van der Waals surface area contributed by atoms with E-state index in [0.717, 1.165) is 87.2 Å². The van der Waals surface area contributed by atoms with Gasteiger partial charge >= 0.3 is 0 Å². The lowest BCUT2D eigenvalue weighted by Gasteiger charge is -2.44. The molecule has 12 aromatic rings. The molecule has 2 unspecified atom stereocenters. The summed E-state index contributed by atoms with van der Waals surface area (Å²) in [7, 11) is 0. The van der Waals surface area contributed by atoms with Gasteiger partial charge in [0.2, 0.25) is 0 Å². The topological polar surface area (TPSA) is 67.3 Å². The molecule has 1 aliphatic carbocycles. The zero-order valence-corrected chi connectivity index (χ0v) is 60.7. The van der Waals surface area contributed by atoms with Crippen LogP contribution in [0.15, 0.2) is 157 Å². The Balaban J connectivity index is 1.36. The Morgan fingerprint density at radius 3 is 0.766 bits per heavy atom. The van der Waals surface area contributed by atoms with Crippen molar-refractivity contribution in [1.29, 1.82) is 10.5 Å². The molecule has 6 heteroatoms. The van der Waals surface area contributed by atoms with Gasteiger partial charge in [-0.05, 0) is 191 Å². The fourth-order valence-electron chi connectivity index (χ4n) is 15.1. The van der Waals surface area contributed by atoms with Gasteiger partial charge in [-0.3, -0.25) is 0 Å². The number of rotatable bonds is 4. The Kier molecular flexibility index (Phi) is 14.1. The smallest absolute Gasteiger partial charge is 0.199 e. The summed E-state index contributed by atoms with van der Waals surface area (Å²) in [6.45, 7) is 55.0. The number of fused-ring (bicyclic) bond motifs is 12. The second-order valence-corrected chi connectivity index (χ2v) is 35.9. The number of allylic oxidation sites excluding steroid dienone is 4. The average Bonchev–Trinajstić information content (AvgIpc) is 0.801. The predicted molar refractivity (Wildman–Crippen MR) is 403 cm³/mol. The van der Waals surface area contributed by atoms with Crippen LogP contribution in [0, 0.1) is 22.7 Å². The van der Waals surface area contributed by atoms with Gasteiger partial charge in [-0.2, -0.15) is 10.5 Å². The first-order chi connectivity index (χ1) is 43.6. The van der Waals surface area contributed by atoms with E-state index in [1.54, 1.807) is 0 Å². The second-order valence-electron chi connectivity index (χ2n) is 35.9. The number of benzene rings is 8. The summed E-state index contributed by atoms with van der Waals surface area (Å²) >= 11 is 0. The van der Waals surface area contributed by atoms with E-state index in [0.29, 0.717) is 17.0 Å². The Hall–Kier alpha value is -8.58. The fourth-order valence-corrected chi connectivity index (χ4v) is 15.1. The minimum atomic E-state index is -1.73. The van der Waals surface area contributed by atoms with E-state index >= 15 is 0 Å². The van der Waals surface area contributed by atoms with Crippen LogP contribution in [0.2, 0.25) is 0 Å². The minimum Gasteiger partial charge on any atom is -0.329 e. The molecule has 0 aliphatic heterocycles. The van der Waals surface area contributed by atoms with E-state index in [1.165, 1.54) is 44.5 Å². The standard InChI is InChI=1S/C88H98N6/c1-80(2,3)53-25-33-69-61(42-53)62-43-54(81(4,5)6)26-34-70(62)91(69)77-41-52(50-89)78(92-71-35-27-55(82(7,8)9)44-63(71)64-45-56(83(10,11)12)28-36-72(64)92)79(93-73-37-29-57(84(13,14)15)46-65(73)66-47-58(85(16,17)18)30-38-74(66)93)88(77,51-90)94-75-39-31-59(86(19,20)21)48-67(75)68-49-60(87(22,23)24)32-40-76(68)94/h25-49,77H,1-24H3. The van der Waals surface area contributed by atoms with E-state index < -0.39 is 11.6 Å². The lowest BCUT2D eigenvalue weighted by atomic mass is 9.78. The van der Waals surface area contributed by atoms with E-state index in [2.05, 4.69) is 348 Å². The number of aromatic nitrogens is 4. The Morgan fingerprint density at radius 2 is 0.521 bits per heavy atom. The molecule has 0 amide bonds. The van der Waals surface area contributed by atoms with Crippen LogP contribution in [0.3, 0.4) is 0 Å². The van der Waals surface area contributed by atoms with Gasteiger partial charge in [0, 0.05) is 54.1 Å². The van der Waals surface area contributed by atoms with Gasteiger partial charge in [0.25, 0.3) is 0 Å². The van der Waals surface area contributed by atoms with Crippen LogP contribution in [0.1, 0.15) is 217 Å². The van der Waals surface area contributed by atoms with Gasteiger partial charge in [-0.15, -0.1) is 0 Å². The van der Waals surface area contributed by atoms with E-state index in [9.17, 15) is 10.5 Å². The average molecular weight is 1240 g/mol. The molecular weight excluding hydrogens is 1140 g/mol. The maximum absolute atomic E-state index is 14.2. The summed E-state index contributed by atoms with van der Waals surface area (Å²) < 4.78 is 9.76. The molecule has 6 nitrogen and oxygen atoms in total. The zero-order valence-electron chi connectivity index (χ0n) is 60.7. The Morgan fingerprint density at radius 1 is 0.298 bits per heavy atom. The number of nitrogens with zero attached hydrogens (tertiary/aromatic N) is 6. The maximum atomic E-state index is 14.2. The van der Waals surface area contributed by atoms with Crippen LogP contribution in [0.4, 0.5) is 0 Å². The third-order valence-corrected chi connectivity index (χ3v) is 21.0. The van der Waals surface area contributed by atoms with Crippen LogP contribution < -0.4 is 0 Å². The molecule has 8 aromatic carbocycles. The molecule has 4 aromatic heterocycles. The minimum absolute atomic E-state index is 0.162.